The van der Waals surface area contributed by atoms with E-state index < -0.39 is 58.9 Å². The Morgan fingerprint density at radius 2 is 1.62 bits per heavy atom. The second-order valence-corrected chi connectivity index (χ2v) is 33.1. The molecule has 0 amide bonds. The number of Topliss-reactive ketones (excluding diaryl/α,β-unsaturated/α-hetero) is 1. The van der Waals surface area contributed by atoms with E-state index in [-0.39, 0.29) is 42.3 Å². The average molecular weight is 1350 g/mol. The van der Waals surface area contributed by atoms with Gasteiger partial charge in [-0.05, 0) is 217 Å². The topological polar surface area (TPSA) is 194 Å². The number of phenolic OH excluding ortho intramolecular Hbond substituents is 2. The van der Waals surface area contributed by atoms with Crippen LogP contribution in [0.5, 0.6) is 28.7 Å². The van der Waals surface area contributed by atoms with Crippen molar-refractivity contribution in [1.29, 1.82) is 0 Å². The number of aromatic nitrogens is 1. The molecule has 2 aliphatic heterocycles. The van der Waals surface area contributed by atoms with E-state index in [1.165, 1.54) is 11.1 Å². The minimum Gasteiger partial charge on any atom is -0.508 e. The quantitative estimate of drug-likeness (QED) is 0.0336. The summed E-state index contributed by atoms with van der Waals surface area (Å²) in [6.45, 7) is 5.97. The van der Waals surface area contributed by atoms with Crippen LogP contribution < -0.4 is 19.5 Å². The number of aliphatic hydroxyl groups is 4. The SMILES string of the molecule is CCc1ccc2cccc3c2c1Cc1c(ccc(O)c1OC)C[C@@H](Cc1cc[nH]c1)[C@H](O)[C@@H]1C(=O)[C@@](c2cc(O)cc([C@]4(NC)CCC[C@H](Cc5cccc(CCC(C)C)c5)C4)c2)([C@H]2CSSC[C@H]4CCCC[C@@H]4Oc4cc2ccc4OCO)[C@@H](O)C[C@H]1CSS[C@H]3CO. The van der Waals surface area contributed by atoms with Crippen molar-refractivity contribution in [3.05, 3.63) is 183 Å². The van der Waals surface area contributed by atoms with Crippen LogP contribution >= 0.6 is 43.2 Å². The third-order valence-electron chi connectivity index (χ3n) is 22.0. The predicted molar refractivity (Wildman–Crippen MR) is 385 cm³/mol. The third kappa shape index (κ3) is 14.2. The Morgan fingerprint density at radius 3 is 2.40 bits per heavy atom. The molecule has 7 aromatic rings. The highest BCUT2D eigenvalue weighted by molar-refractivity contribution is 8.77. The monoisotopic (exact) mass is 1350 g/mol. The highest BCUT2D eigenvalue weighted by atomic mass is 33.1. The summed E-state index contributed by atoms with van der Waals surface area (Å²) in [7, 11) is 10.2. The fourth-order valence-electron chi connectivity index (χ4n) is 17.1. The lowest BCUT2D eigenvalue weighted by molar-refractivity contribution is -0.150. The molecule has 2 bridgehead atoms. The molecular formula is C78H96N2O10S4. The highest BCUT2D eigenvalue weighted by Crippen LogP contribution is 2.58. The van der Waals surface area contributed by atoms with Crippen molar-refractivity contribution >= 4 is 59.7 Å². The number of ether oxygens (including phenoxy) is 3. The number of benzene rings is 6. The highest BCUT2D eigenvalue weighted by Gasteiger charge is 2.62. The van der Waals surface area contributed by atoms with Gasteiger partial charge in [-0.15, -0.1) is 0 Å². The van der Waals surface area contributed by atoms with Crippen LogP contribution in [0.2, 0.25) is 0 Å². The molecule has 0 saturated heterocycles. The standard InChI is InChI=1S/C78H96N2O10S4/c1-6-52-21-22-53-16-10-17-62-70(42-81)94-93-44-58-35-71(85)78(65-45-92-91-43-56-15-7-8-18-67(56)90-69-34-55(65)24-26-68(69)89-46-82,60-36-59(37-61(83)38-60)77(79-4)28-11-14-50(40-77)31-49-13-9-12-48(30-49)20-19-47(2)3)76(87)73(58)74(86)57(32-51-27-29-80-41-51)33-54-23-25-66(84)75(88-5)64(54)39-63(52)72(53)62/h9-10,12-13,16-17,21-27,29-30,34,36-38,41,47,50,56-58,65,67,70-71,73-74,79-86H,6-8,11,14-15,18-20,28,31-33,35,39-40,42-46H2,1-5H3/t50-,56-,57-,58+,65+,67+,70+,71+,73-,74+,77+,78+/m1/s1. The molecule has 3 heterocycles. The Balaban J connectivity index is 1.04. The van der Waals surface area contributed by atoms with E-state index in [2.05, 4.69) is 85.7 Å². The second kappa shape index (κ2) is 30.7. The maximum absolute atomic E-state index is 18.0. The van der Waals surface area contributed by atoms with Gasteiger partial charge in [0.05, 0.1) is 36.6 Å². The van der Waals surface area contributed by atoms with Crippen molar-refractivity contribution < 1.29 is 49.6 Å². The van der Waals surface area contributed by atoms with Crippen LogP contribution in [0.4, 0.5) is 0 Å². The van der Waals surface area contributed by atoms with Gasteiger partial charge in [-0.3, -0.25) is 4.79 Å². The minimum atomic E-state index is -1.78. The van der Waals surface area contributed by atoms with Gasteiger partial charge in [0.15, 0.2) is 35.6 Å². The first-order valence-electron chi connectivity index (χ1n) is 34.4. The van der Waals surface area contributed by atoms with E-state index in [0.717, 1.165) is 138 Å². The number of hydrogen-bond donors (Lipinski definition) is 8. The third-order valence-corrected chi connectivity index (χ3v) is 27.3. The van der Waals surface area contributed by atoms with E-state index in [1.807, 2.05) is 61.9 Å². The Bertz CT molecular complexity index is 3730. The number of aromatic hydroxyl groups is 2. The summed E-state index contributed by atoms with van der Waals surface area (Å²) in [5.41, 5.74) is 8.18. The maximum atomic E-state index is 18.0. The normalized spacial score (nSPS) is 27.8. The number of carbonyl (C=O) groups excluding carboxylic acids is 1. The van der Waals surface area contributed by atoms with Crippen LogP contribution in [-0.2, 0) is 54.3 Å². The number of aromatic amines is 1. The van der Waals surface area contributed by atoms with Gasteiger partial charge in [0.2, 0.25) is 0 Å². The van der Waals surface area contributed by atoms with Crippen LogP contribution in [0.15, 0.2) is 122 Å². The van der Waals surface area contributed by atoms with Crippen molar-refractivity contribution in [2.75, 3.05) is 44.8 Å². The van der Waals surface area contributed by atoms with E-state index in [4.69, 9.17) is 14.2 Å². The molecule has 3 aliphatic carbocycles. The molecule has 0 spiro atoms. The van der Waals surface area contributed by atoms with Gasteiger partial charge in [-0.1, -0.05) is 150 Å². The van der Waals surface area contributed by atoms with Crippen molar-refractivity contribution in [2.24, 2.45) is 35.5 Å². The molecule has 6 aromatic carbocycles. The zero-order valence-electron chi connectivity index (χ0n) is 55.2. The van der Waals surface area contributed by atoms with Gasteiger partial charge in [0.25, 0.3) is 0 Å². The van der Waals surface area contributed by atoms with Crippen LogP contribution in [0.1, 0.15) is 157 Å². The van der Waals surface area contributed by atoms with Gasteiger partial charge in [-0.2, -0.15) is 0 Å². The molecule has 16 heteroatoms. The van der Waals surface area contributed by atoms with E-state index in [0.29, 0.717) is 65.4 Å². The first-order valence-corrected chi connectivity index (χ1v) is 39.3. The molecule has 3 fully saturated rings. The van der Waals surface area contributed by atoms with Crippen LogP contribution in [0.25, 0.3) is 10.8 Å². The van der Waals surface area contributed by atoms with Gasteiger partial charge in [0.1, 0.15) is 11.9 Å². The average Bonchev–Trinajstić information content (AvgIpc) is 0.730. The minimum absolute atomic E-state index is 0.000744. The van der Waals surface area contributed by atoms with E-state index >= 15 is 4.79 Å². The zero-order valence-corrected chi connectivity index (χ0v) is 58.5. The molecular weight excluding hydrogens is 1250 g/mol. The first kappa shape index (κ1) is 68.7. The van der Waals surface area contributed by atoms with Gasteiger partial charge in [-0.25, -0.2) is 0 Å². The number of hydrogen-bond acceptors (Lipinski definition) is 15. The zero-order chi connectivity index (χ0) is 65.7. The summed E-state index contributed by atoms with van der Waals surface area (Å²) in [5.74, 6) is 0.650. The molecule has 502 valence electrons. The Labute approximate surface area is 571 Å². The number of carbonyl (C=O) groups is 1. The molecule has 8 N–H and O–H groups in total. The lowest BCUT2D eigenvalue weighted by Crippen LogP contribution is -2.62. The lowest BCUT2D eigenvalue weighted by atomic mass is 9.52. The molecule has 3 saturated carbocycles. The summed E-state index contributed by atoms with van der Waals surface area (Å²) in [6.07, 6.45) is 13.7. The van der Waals surface area contributed by atoms with Crippen molar-refractivity contribution in [1.82, 2.24) is 10.3 Å². The number of nitrogens with one attached hydrogen (secondary N) is 2. The van der Waals surface area contributed by atoms with Crippen molar-refractivity contribution in [2.45, 2.75) is 164 Å². The number of aryl methyl sites for hydroxylation is 2. The molecule has 12 nitrogen and oxygen atoms in total. The maximum Gasteiger partial charge on any atom is 0.186 e. The van der Waals surface area contributed by atoms with Crippen LogP contribution in [0, 0.1) is 35.5 Å². The Morgan fingerprint density at radius 1 is 0.809 bits per heavy atom. The van der Waals surface area contributed by atoms with Crippen LogP contribution in [0.3, 0.4) is 0 Å². The van der Waals surface area contributed by atoms with Gasteiger partial charge < -0.3 is 55.2 Å². The van der Waals surface area contributed by atoms with E-state index in [9.17, 15) is 30.6 Å². The second-order valence-electron chi connectivity index (χ2n) is 28.0. The predicted octanol–water partition coefficient (Wildman–Crippen LogP) is 15.3. The number of aliphatic hydroxyl groups excluding tert-OH is 4. The molecule has 5 aliphatic rings. The molecule has 0 unspecified atom stereocenters. The van der Waals surface area contributed by atoms with Gasteiger partial charge in [0, 0.05) is 64.9 Å². The number of H-pyrrole nitrogens is 1. The summed E-state index contributed by atoms with van der Waals surface area (Å²) in [6, 6.07) is 36.8. The number of fused-ring (bicyclic) bond motifs is 5. The largest absolute Gasteiger partial charge is 0.508 e. The summed E-state index contributed by atoms with van der Waals surface area (Å²) < 4.78 is 19.2. The summed E-state index contributed by atoms with van der Waals surface area (Å²) in [5, 5.41) is 80.2. The number of phenols is 2. The summed E-state index contributed by atoms with van der Waals surface area (Å²) >= 11 is 0. The fraction of sp³-hybridized carbons (Fsp3) is 0.500. The Kier molecular flexibility index (Phi) is 22.4. The molecule has 94 heavy (non-hydrogen) atoms. The number of rotatable bonds is 16. The smallest absolute Gasteiger partial charge is 0.186 e. The number of methoxy groups -OCH3 is 1. The first-order chi connectivity index (χ1) is 45.7. The van der Waals surface area contributed by atoms with Gasteiger partial charge >= 0.3 is 0 Å². The van der Waals surface area contributed by atoms with Crippen LogP contribution in [-0.4, -0.2) is 105 Å². The summed E-state index contributed by atoms with van der Waals surface area (Å²) in [4.78, 5) is 21.2. The Hall–Kier alpha value is -5.27. The van der Waals surface area contributed by atoms with Crippen molar-refractivity contribution in [3.63, 3.8) is 0 Å². The molecule has 12 atom stereocenters. The van der Waals surface area contributed by atoms with Crippen molar-refractivity contribution in [3.8, 4) is 28.7 Å². The molecule has 0 radical (unpaired) electrons. The molecule has 1 aromatic heterocycles. The fourth-order valence-corrected chi connectivity index (χ4v) is 22.9. The lowest BCUT2D eigenvalue weighted by Gasteiger charge is -2.53. The van der Waals surface area contributed by atoms with E-state index in [1.54, 1.807) is 62.4 Å². The number of ketones is 1. The molecule has 12 rings (SSSR count).